The molecule has 0 aliphatic carbocycles. The summed E-state index contributed by atoms with van der Waals surface area (Å²) in [6.07, 6.45) is 0.845. The second kappa shape index (κ2) is 6.50. The van der Waals surface area contributed by atoms with Crippen LogP contribution in [0, 0.1) is 0 Å². The molecule has 0 saturated carbocycles. The van der Waals surface area contributed by atoms with Crippen molar-refractivity contribution in [1.29, 1.82) is 0 Å². The van der Waals surface area contributed by atoms with Gasteiger partial charge in [0.25, 0.3) is 0 Å². The van der Waals surface area contributed by atoms with Crippen LogP contribution in [0.4, 0.5) is 0 Å². The maximum atomic E-state index is 11.1. The summed E-state index contributed by atoms with van der Waals surface area (Å²) in [4.78, 5) is 11.1. The van der Waals surface area contributed by atoms with Crippen LogP contribution >= 0.6 is 15.9 Å². The Balaban J connectivity index is 2.51. The van der Waals surface area contributed by atoms with Crippen molar-refractivity contribution < 1.29 is 14.3 Å². The molecule has 0 atom stereocenters. The Morgan fingerprint density at radius 2 is 1.95 bits per heavy atom. The summed E-state index contributed by atoms with van der Waals surface area (Å²) in [6.45, 7) is 0.159. The summed E-state index contributed by atoms with van der Waals surface area (Å²) in [7, 11) is 1.57. The lowest BCUT2D eigenvalue weighted by Gasteiger charge is -2.12. The molecular weight excluding hydrogens is 308 g/mol. The van der Waals surface area contributed by atoms with E-state index in [1.54, 1.807) is 13.2 Å². The highest BCUT2D eigenvalue weighted by Gasteiger charge is 2.10. The molecule has 19 heavy (non-hydrogen) atoms. The van der Waals surface area contributed by atoms with E-state index < -0.39 is 0 Å². The zero-order valence-electron chi connectivity index (χ0n) is 10.4. The fourth-order valence-electron chi connectivity index (χ4n) is 1.81. The maximum Gasteiger partial charge on any atom is 0.188 e. The van der Waals surface area contributed by atoms with Gasteiger partial charge in [-0.1, -0.05) is 40.2 Å². The molecule has 0 spiro atoms. The van der Waals surface area contributed by atoms with Crippen LogP contribution in [0.5, 0.6) is 5.75 Å². The topological polar surface area (TPSA) is 35.5 Å². The van der Waals surface area contributed by atoms with Crippen molar-refractivity contribution in [2.45, 2.75) is 0 Å². The van der Waals surface area contributed by atoms with Crippen LogP contribution in [0.2, 0.25) is 0 Å². The molecule has 0 N–H and O–H groups in total. The number of hydrogen-bond donors (Lipinski definition) is 0. The molecule has 2 aromatic rings. The van der Waals surface area contributed by atoms with Crippen molar-refractivity contribution in [1.82, 2.24) is 0 Å². The van der Waals surface area contributed by atoms with Gasteiger partial charge in [-0.15, -0.1) is 0 Å². The number of hydrogen-bond acceptors (Lipinski definition) is 3. The van der Waals surface area contributed by atoms with Crippen LogP contribution in [0.25, 0.3) is 11.1 Å². The number of rotatable bonds is 5. The predicted molar refractivity (Wildman–Crippen MR) is 77.5 cm³/mol. The normalized spacial score (nSPS) is 10.2. The molecule has 2 rings (SSSR count). The Bertz CT molecular complexity index is 581. The molecule has 98 valence electrons. The largest absolute Gasteiger partial charge is 0.467 e. The molecular formula is C15H13BrO3. The number of halogens is 1. The fraction of sp³-hybridized carbons (Fsp3) is 0.133. The molecule has 0 amide bonds. The Morgan fingerprint density at radius 1 is 1.16 bits per heavy atom. The van der Waals surface area contributed by atoms with E-state index in [1.807, 2.05) is 36.4 Å². The van der Waals surface area contributed by atoms with Gasteiger partial charge in [0, 0.05) is 22.7 Å². The fourth-order valence-corrected chi connectivity index (χ4v) is 2.15. The minimum absolute atomic E-state index is 0.159. The van der Waals surface area contributed by atoms with E-state index >= 15 is 0 Å². The van der Waals surface area contributed by atoms with E-state index in [4.69, 9.17) is 9.47 Å². The lowest BCUT2D eigenvalue weighted by atomic mass is 10.00. The average molecular weight is 321 g/mol. The molecule has 0 aromatic heterocycles. The molecule has 0 aliphatic rings. The van der Waals surface area contributed by atoms with Crippen molar-refractivity contribution in [3.8, 4) is 16.9 Å². The minimum Gasteiger partial charge on any atom is -0.467 e. The van der Waals surface area contributed by atoms with Gasteiger partial charge in [-0.2, -0.15) is 0 Å². The number of benzene rings is 2. The first kappa shape index (κ1) is 13.8. The molecule has 0 unspecified atom stereocenters. The molecule has 0 heterocycles. The highest BCUT2D eigenvalue weighted by Crippen LogP contribution is 2.34. The summed E-state index contributed by atoms with van der Waals surface area (Å²) in [6, 6.07) is 13.1. The van der Waals surface area contributed by atoms with Gasteiger partial charge in [0.2, 0.25) is 0 Å². The second-order valence-electron chi connectivity index (χ2n) is 3.90. The third kappa shape index (κ3) is 3.22. The molecule has 2 aromatic carbocycles. The molecule has 0 bridgehead atoms. The first-order chi connectivity index (χ1) is 9.26. The van der Waals surface area contributed by atoms with E-state index in [9.17, 15) is 4.79 Å². The van der Waals surface area contributed by atoms with Crippen LogP contribution in [0.3, 0.4) is 0 Å². The third-order valence-corrected chi connectivity index (χ3v) is 3.15. The van der Waals surface area contributed by atoms with Crippen LogP contribution in [-0.2, 0) is 4.74 Å². The maximum absolute atomic E-state index is 11.1. The first-order valence-electron chi connectivity index (χ1n) is 5.72. The highest BCUT2D eigenvalue weighted by atomic mass is 79.9. The van der Waals surface area contributed by atoms with Crippen molar-refractivity contribution in [2.75, 3.05) is 13.9 Å². The van der Waals surface area contributed by atoms with Gasteiger partial charge in [-0.3, -0.25) is 4.79 Å². The van der Waals surface area contributed by atoms with Crippen molar-refractivity contribution in [2.24, 2.45) is 0 Å². The van der Waals surface area contributed by atoms with Gasteiger partial charge in [-0.25, -0.2) is 0 Å². The van der Waals surface area contributed by atoms with Gasteiger partial charge in [-0.05, 0) is 23.8 Å². The van der Waals surface area contributed by atoms with Crippen LogP contribution in [0.1, 0.15) is 10.4 Å². The Labute approximate surface area is 120 Å². The van der Waals surface area contributed by atoms with Crippen LogP contribution < -0.4 is 4.74 Å². The number of carbonyl (C=O) groups is 1. The van der Waals surface area contributed by atoms with Gasteiger partial charge < -0.3 is 9.47 Å². The van der Waals surface area contributed by atoms with E-state index in [2.05, 4.69) is 15.9 Å². The predicted octanol–water partition coefficient (Wildman–Crippen LogP) is 3.91. The van der Waals surface area contributed by atoms with E-state index in [1.165, 1.54) is 0 Å². The summed E-state index contributed by atoms with van der Waals surface area (Å²) in [5.74, 6) is 0.672. The number of carbonyl (C=O) groups excluding carboxylic acids is 1. The zero-order valence-corrected chi connectivity index (χ0v) is 12.0. The molecule has 0 saturated heterocycles. The Kier molecular flexibility index (Phi) is 4.71. The average Bonchev–Trinajstić information content (AvgIpc) is 2.45. The summed E-state index contributed by atoms with van der Waals surface area (Å²) in [5, 5.41) is 0. The number of ether oxygens (including phenoxy) is 2. The zero-order chi connectivity index (χ0) is 13.7. The molecule has 0 radical (unpaired) electrons. The lowest BCUT2D eigenvalue weighted by molar-refractivity contribution is 0.0515. The summed E-state index contributed by atoms with van der Waals surface area (Å²) in [5.41, 5.74) is 2.34. The molecule has 0 fully saturated rings. The quantitative estimate of drug-likeness (QED) is 0.619. The first-order valence-corrected chi connectivity index (χ1v) is 6.51. The minimum atomic E-state index is 0.159. The summed E-state index contributed by atoms with van der Waals surface area (Å²) < 4.78 is 11.4. The van der Waals surface area contributed by atoms with E-state index in [-0.39, 0.29) is 6.79 Å². The monoisotopic (exact) mass is 320 g/mol. The SMILES string of the molecule is COCOc1cc(Br)ccc1-c1ccccc1C=O. The second-order valence-corrected chi connectivity index (χ2v) is 4.81. The van der Waals surface area contributed by atoms with Gasteiger partial charge in [0.05, 0.1) is 0 Å². The Hall–Kier alpha value is -1.65. The third-order valence-electron chi connectivity index (χ3n) is 2.65. The highest BCUT2D eigenvalue weighted by molar-refractivity contribution is 9.10. The number of methoxy groups -OCH3 is 1. The smallest absolute Gasteiger partial charge is 0.188 e. The van der Waals surface area contributed by atoms with Gasteiger partial charge in [0.15, 0.2) is 13.1 Å². The molecule has 4 heteroatoms. The molecule has 0 aliphatic heterocycles. The van der Waals surface area contributed by atoms with Crippen molar-refractivity contribution >= 4 is 22.2 Å². The van der Waals surface area contributed by atoms with Gasteiger partial charge in [0.1, 0.15) is 5.75 Å². The van der Waals surface area contributed by atoms with Crippen LogP contribution in [-0.4, -0.2) is 20.2 Å². The van der Waals surface area contributed by atoms with Gasteiger partial charge >= 0.3 is 0 Å². The Morgan fingerprint density at radius 3 is 2.68 bits per heavy atom. The molecule has 3 nitrogen and oxygen atoms in total. The lowest BCUT2D eigenvalue weighted by Crippen LogP contribution is -2.01. The van der Waals surface area contributed by atoms with E-state index in [0.717, 1.165) is 21.9 Å². The number of aldehydes is 1. The summed E-state index contributed by atoms with van der Waals surface area (Å²) >= 11 is 3.41. The van der Waals surface area contributed by atoms with Crippen molar-refractivity contribution in [3.05, 3.63) is 52.5 Å². The standard InChI is InChI=1S/C15H13BrO3/c1-18-10-19-15-8-12(16)6-7-14(15)13-5-3-2-4-11(13)9-17/h2-9H,10H2,1H3. The van der Waals surface area contributed by atoms with E-state index in [0.29, 0.717) is 11.3 Å². The van der Waals surface area contributed by atoms with Crippen molar-refractivity contribution in [3.63, 3.8) is 0 Å². The van der Waals surface area contributed by atoms with Crippen LogP contribution in [0.15, 0.2) is 46.9 Å².